The summed E-state index contributed by atoms with van der Waals surface area (Å²) >= 11 is 1.33. The zero-order valence-electron chi connectivity index (χ0n) is 10.1. The second-order valence-corrected chi connectivity index (χ2v) is 5.69. The van der Waals surface area contributed by atoms with Crippen molar-refractivity contribution in [3.05, 3.63) is 11.2 Å². The van der Waals surface area contributed by atoms with Crippen LogP contribution in [-0.4, -0.2) is 22.6 Å². The van der Waals surface area contributed by atoms with Gasteiger partial charge in [-0.3, -0.25) is 0 Å². The molecule has 0 aliphatic carbocycles. The number of hydrogen-bond acceptors (Lipinski definition) is 4. The van der Waals surface area contributed by atoms with Gasteiger partial charge < -0.3 is 10.4 Å². The fourth-order valence-corrected chi connectivity index (χ4v) is 1.71. The summed E-state index contributed by atoms with van der Waals surface area (Å²) in [7, 11) is 0. The number of aromatic carboxylic acids is 1. The SMILES string of the molecule is CC(C)C(C)(C)CNc1scnc1C(=O)O. The van der Waals surface area contributed by atoms with E-state index in [0.717, 1.165) is 6.54 Å². The molecule has 0 saturated heterocycles. The molecule has 0 radical (unpaired) electrons. The molecule has 0 fully saturated rings. The lowest BCUT2D eigenvalue weighted by Crippen LogP contribution is -2.28. The molecule has 5 heteroatoms. The Morgan fingerprint density at radius 3 is 2.75 bits per heavy atom. The van der Waals surface area contributed by atoms with Gasteiger partial charge >= 0.3 is 5.97 Å². The van der Waals surface area contributed by atoms with Crippen molar-refractivity contribution in [3.8, 4) is 0 Å². The maximum atomic E-state index is 10.8. The van der Waals surface area contributed by atoms with Crippen molar-refractivity contribution in [3.63, 3.8) is 0 Å². The number of carboxylic acids is 1. The van der Waals surface area contributed by atoms with Gasteiger partial charge in [0.05, 0.1) is 5.51 Å². The summed E-state index contributed by atoms with van der Waals surface area (Å²) in [6.07, 6.45) is 0. The van der Waals surface area contributed by atoms with Crippen molar-refractivity contribution in [2.75, 3.05) is 11.9 Å². The maximum Gasteiger partial charge on any atom is 0.357 e. The first kappa shape index (κ1) is 13.0. The van der Waals surface area contributed by atoms with E-state index < -0.39 is 5.97 Å². The van der Waals surface area contributed by atoms with E-state index in [9.17, 15) is 4.79 Å². The zero-order valence-corrected chi connectivity index (χ0v) is 10.9. The van der Waals surface area contributed by atoms with E-state index in [1.807, 2.05) is 0 Å². The Bertz CT molecular complexity index is 372. The first-order valence-corrected chi connectivity index (χ1v) is 6.13. The van der Waals surface area contributed by atoms with Gasteiger partial charge in [-0.15, -0.1) is 11.3 Å². The van der Waals surface area contributed by atoms with Crippen molar-refractivity contribution in [1.29, 1.82) is 0 Å². The highest BCUT2D eigenvalue weighted by atomic mass is 32.1. The Hall–Kier alpha value is -1.10. The second-order valence-electron chi connectivity index (χ2n) is 4.83. The molecule has 90 valence electrons. The predicted octanol–water partition coefficient (Wildman–Crippen LogP) is 2.94. The van der Waals surface area contributed by atoms with Gasteiger partial charge in [-0.05, 0) is 11.3 Å². The average molecular weight is 242 g/mol. The summed E-state index contributed by atoms with van der Waals surface area (Å²) in [5, 5.41) is 12.7. The number of carbonyl (C=O) groups is 1. The van der Waals surface area contributed by atoms with Gasteiger partial charge in [-0.2, -0.15) is 0 Å². The minimum atomic E-state index is -0.980. The van der Waals surface area contributed by atoms with Gasteiger partial charge in [0, 0.05) is 6.54 Å². The standard InChI is InChI=1S/C11H18N2O2S/c1-7(2)11(3,4)5-12-9-8(10(14)15)13-6-16-9/h6-7,12H,5H2,1-4H3,(H,14,15). The lowest BCUT2D eigenvalue weighted by molar-refractivity contribution is 0.0692. The van der Waals surface area contributed by atoms with Crippen molar-refractivity contribution in [2.45, 2.75) is 27.7 Å². The molecule has 0 atom stereocenters. The maximum absolute atomic E-state index is 10.8. The Morgan fingerprint density at radius 1 is 1.62 bits per heavy atom. The minimum absolute atomic E-state index is 0.115. The molecule has 0 spiro atoms. The quantitative estimate of drug-likeness (QED) is 0.833. The van der Waals surface area contributed by atoms with Crippen LogP contribution in [0.4, 0.5) is 5.00 Å². The number of anilines is 1. The lowest BCUT2D eigenvalue weighted by atomic mass is 9.81. The van der Waals surface area contributed by atoms with Crippen LogP contribution in [0.5, 0.6) is 0 Å². The van der Waals surface area contributed by atoms with Crippen LogP contribution in [0.2, 0.25) is 0 Å². The van der Waals surface area contributed by atoms with E-state index in [-0.39, 0.29) is 11.1 Å². The average Bonchev–Trinajstić information content (AvgIpc) is 2.62. The van der Waals surface area contributed by atoms with Crippen LogP contribution in [0.15, 0.2) is 5.51 Å². The third kappa shape index (κ3) is 2.95. The summed E-state index contributed by atoms with van der Waals surface area (Å²) in [6, 6.07) is 0. The molecular weight excluding hydrogens is 224 g/mol. The van der Waals surface area contributed by atoms with Gasteiger partial charge in [-0.1, -0.05) is 27.7 Å². The third-order valence-corrected chi connectivity index (χ3v) is 3.82. The van der Waals surface area contributed by atoms with E-state index in [4.69, 9.17) is 5.11 Å². The van der Waals surface area contributed by atoms with Gasteiger partial charge in [0.25, 0.3) is 0 Å². The summed E-state index contributed by atoms with van der Waals surface area (Å²) in [6.45, 7) is 9.38. The molecule has 1 heterocycles. The Labute approximate surface area is 99.7 Å². The van der Waals surface area contributed by atoms with Crippen LogP contribution in [0.3, 0.4) is 0 Å². The molecule has 1 rings (SSSR count). The van der Waals surface area contributed by atoms with Crippen LogP contribution in [-0.2, 0) is 0 Å². The third-order valence-electron chi connectivity index (χ3n) is 3.04. The van der Waals surface area contributed by atoms with Crippen LogP contribution >= 0.6 is 11.3 Å². The Balaban J connectivity index is 2.68. The monoisotopic (exact) mass is 242 g/mol. The van der Waals surface area contributed by atoms with Gasteiger partial charge in [-0.25, -0.2) is 9.78 Å². The number of nitrogens with zero attached hydrogens (tertiary/aromatic N) is 1. The summed E-state index contributed by atoms with van der Waals surface area (Å²) < 4.78 is 0. The molecular formula is C11H18N2O2S. The topological polar surface area (TPSA) is 62.2 Å². The van der Waals surface area contributed by atoms with E-state index in [2.05, 4.69) is 38.0 Å². The second kappa shape index (κ2) is 4.82. The highest BCUT2D eigenvalue weighted by Gasteiger charge is 2.23. The largest absolute Gasteiger partial charge is 0.476 e. The fraction of sp³-hybridized carbons (Fsp3) is 0.636. The van der Waals surface area contributed by atoms with Gasteiger partial charge in [0.15, 0.2) is 5.69 Å². The molecule has 0 aliphatic rings. The molecule has 4 nitrogen and oxygen atoms in total. The fourth-order valence-electron chi connectivity index (χ4n) is 1.04. The van der Waals surface area contributed by atoms with Crippen LogP contribution in [0.1, 0.15) is 38.2 Å². The normalized spacial score (nSPS) is 11.8. The number of carboxylic acid groups (broad SMARTS) is 1. The van der Waals surface area contributed by atoms with E-state index >= 15 is 0 Å². The highest BCUT2D eigenvalue weighted by Crippen LogP contribution is 2.28. The van der Waals surface area contributed by atoms with Crippen LogP contribution < -0.4 is 5.32 Å². The van der Waals surface area contributed by atoms with Gasteiger partial charge in [0.1, 0.15) is 5.00 Å². The molecule has 16 heavy (non-hydrogen) atoms. The van der Waals surface area contributed by atoms with E-state index in [0.29, 0.717) is 10.9 Å². The summed E-state index contributed by atoms with van der Waals surface area (Å²) in [5.74, 6) is -0.452. The molecule has 0 aromatic carbocycles. The van der Waals surface area contributed by atoms with Gasteiger partial charge in [0.2, 0.25) is 0 Å². The van der Waals surface area contributed by atoms with Crippen LogP contribution in [0, 0.1) is 11.3 Å². The number of nitrogens with one attached hydrogen (secondary N) is 1. The van der Waals surface area contributed by atoms with Crippen molar-refractivity contribution >= 4 is 22.3 Å². The number of hydrogen-bond donors (Lipinski definition) is 2. The molecule has 0 bridgehead atoms. The molecule has 1 aromatic rings. The number of aromatic nitrogens is 1. The zero-order chi connectivity index (χ0) is 12.3. The van der Waals surface area contributed by atoms with E-state index in [1.54, 1.807) is 5.51 Å². The van der Waals surface area contributed by atoms with Crippen LogP contribution in [0.25, 0.3) is 0 Å². The lowest BCUT2D eigenvalue weighted by Gasteiger charge is -2.29. The first-order valence-electron chi connectivity index (χ1n) is 5.25. The molecule has 0 saturated carbocycles. The highest BCUT2D eigenvalue weighted by molar-refractivity contribution is 7.14. The molecule has 0 amide bonds. The smallest absolute Gasteiger partial charge is 0.357 e. The Morgan fingerprint density at radius 2 is 2.25 bits per heavy atom. The Kier molecular flexibility index (Phi) is 3.91. The molecule has 2 N–H and O–H groups in total. The van der Waals surface area contributed by atoms with E-state index in [1.165, 1.54) is 11.3 Å². The molecule has 1 aromatic heterocycles. The summed E-state index contributed by atoms with van der Waals surface area (Å²) in [4.78, 5) is 14.7. The predicted molar refractivity (Wildman–Crippen MR) is 66.2 cm³/mol. The van der Waals surface area contributed by atoms with Crippen molar-refractivity contribution in [1.82, 2.24) is 4.98 Å². The first-order chi connectivity index (χ1) is 7.34. The van der Waals surface area contributed by atoms with Crippen molar-refractivity contribution < 1.29 is 9.90 Å². The molecule has 0 aliphatic heterocycles. The van der Waals surface area contributed by atoms with Crippen molar-refractivity contribution in [2.24, 2.45) is 11.3 Å². The minimum Gasteiger partial charge on any atom is -0.476 e. The number of rotatable bonds is 5. The molecule has 0 unspecified atom stereocenters. The number of thiazole rings is 1. The summed E-state index contributed by atoms with van der Waals surface area (Å²) in [5.41, 5.74) is 1.79.